The molecule has 1 fully saturated rings. The van der Waals surface area contributed by atoms with Crippen LogP contribution in [-0.2, 0) is 20.9 Å². The third-order valence-corrected chi connectivity index (χ3v) is 4.57. The van der Waals surface area contributed by atoms with E-state index in [4.69, 9.17) is 4.74 Å². The number of nitrogens with zero attached hydrogens (tertiary/aromatic N) is 2. The first-order valence-electron chi connectivity index (χ1n) is 7.50. The molecule has 2 amide bonds. The summed E-state index contributed by atoms with van der Waals surface area (Å²) < 4.78 is 5.66. The number of nitrogens with one attached hydrogen (secondary N) is 1. The SMILES string of the molecule is O=C1CCC(C(=O)N(Cc2ccsc2)CC2CCCO2)=NN1. The minimum atomic E-state index is -0.139. The number of hydrogen-bond donors (Lipinski definition) is 1. The summed E-state index contributed by atoms with van der Waals surface area (Å²) in [4.78, 5) is 25.7. The summed E-state index contributed by atoms with van der Waals surface area (Å²) in [6, 6.07) is 2.02. The minimum Gasteiger partial charge on any atom is -0.376 e. The van der Waals surface area contributed by atoms with Crippen LogP contribution in [0.1, 0.15) is 31.2 Å². The summed E-state index contributed by atoms with van der Waals surface area (Å²) >= 11 is 1.62. The van der Waals surface area contributed by atoms with Gasteiger partial charge >= 0.3 is 0 Å². The van der Waals surface area contributed by atoms with Crippen LogP contribution in [-0.4, -0.2) is 41.7 Å². The van der Waals surface area contributed by atoms with Crippen molar-refractivity contribution in [2.75, 3.05) is 13.2 Å². The van der Waals surface area contributed by atoms with Crippen molar-refractivity contribution in [3.05, 3.63) is 22.4 Å². The van der Waals surface area contributed by atoms with Gasteiger partial charge in [-0.15, -0.1) is 0 Å². The molecule has 7 heteroatoms. The van der Waals surface area contributed by atoms with Gasteiger partial charge in [0.1, 0.15) is 5.71 Å². The van der Waals surface area contributed by atoms with Gasteiger partial charge in [-0.2, -0.15) is 16.4 Å². The van der Waals surface area contributed by atoms with Crippen molar-refractivity contribution in [3.63, 3.8) is 0 Å². The predicted octanol–water partition coefficient (Wildman–Crippen LogP) is 1.52. The topological polar surface area (TPSA) is 71.0 Å². The van der Waals surface area contributed by atoms with E-state index in [1.165, 1.54) is 0 Å². The number of carbonyl (C=O) groups is 2. The van der Waals surface area contributed by atoms with E-state index in [1.54, 1.807) is 16.2 Å². The molecule has 0 spiro atoms. The van der Waals surface area contributed by atoms with Crippen LogP contribution in [0.25, 0.3) is 0 Å². The molecule has 1 N–H and O–H groups in total. The molecule has 1 saturated heterocycles. The Kier molecular flexibility index (Phi) is 4.84. The summed E-state index contributed by atoms with van der Waals surface area (Å²) in [5.41, 5.74) is 3.92. The fourth-order valence-electron chi connectivity index (χ4n) is 2.67. The highest BCUT2D eigenvalue weighted by molar-refractivity contribution is 7.07. The lowest BCUT2D eigenvalue weighted by Gasteiger charge is -2.26. The van der Waals surface area contributed by atoms with Crippen molar-refractivity contribution in [2.45, 2.75) is 38.3 Å². The van der Waals surface area contributed by atoms with Crippen molar-refractivity contribution in [2.24, 2.45) is 5.10 Å². The van der Waals surface area contributed by atoms with Gasteiger partial charge in [-0.3, -0.25) is 9.59 Å². The van der Waals surface area contributed by atoms with Crippen LogP contribution in [0, 0.1) is 0 Å². The molecule has 0 aliphatic carbocycles. The Morgan fingerprint density at radius 3 is 3.05 bits per heavy atom. The van der Waals surface area contributed by atoms with Crippen molar-refractivity contribution in [1.29, 1.82) is 0 Å². The normalized spacial score (nSPS) is 21.4. The second-order valence-electron chi connectivity index (χ2n) is 5.55. The zero-order valence-electron chi connectivity index (χ0n) is 12.3. The second kappa shape index (κ2) is 7.02. The molecule has 6 nitrogen and oxygen atoms in total. The number of ether oxygens (including phenoxy) is 1. The molecule has 0 radical (unpaired) electrons. The van der Waals surface area contributed by atoms with Gasteiger partial charge in [-0.25, -0.2) is 5.43 Å². The van der Waals surface area contributed by atoms with Crippen LogP contribution < -0.4 is 5.43 Å². The van der Waals surface area contributed by atoms with E-state index in [0.717, 1.165) is 25.0 Å². The molecule has 118 valence electrons. The fourth-order valence-corrected chi connectivity index (χ4v) is 3.33. The van der Waals surface area contributed by atoms with Crippen molar-refractivity contribution >= 4 is 28.9 Å². The molecule has 0 saturated carbocycles. The number of hydrazone groups is 1. The maximum absolute atomic E-state index is 12.7. The minimum absolute atomic E-state index is 0.0985. The highest BCUT2D eigenvalue weighted by Crippen LogP contribution is 2.17. The lowest BCUT2D eigenvalue weighted by molar-refractivity contribution is -0.126. The number of carbonyl (C=O) groups excluding carboxylic acids is 2. The molecule has 1 atom stereocenters. The van der Waals surface area contributed by atoms with E-state index >= 15 is 0 Å². The first kappa shape index (κ1) is 15.2. The predicted molar refractivity (Wildman–Crippen MR) is 83.5 cm³/mol. The molecule has 1 unspecified atom stereocenters. The quantitative estimate of drug-likeness (QED) is 0.894. The first-order valence-corrected chi connectivity index (χ1v) is 8.44. The summed E-state index contributed by atoms with van der Waals surface area (Å²) in [7, 11) is 0. The first-order chi connectivity index (χ1) is 10.7. The summed E-state index contributed by atoms with van der Waals surface area (Å²) in [5, 5.41) is 7.97. The van der Waals surface area contributed by atoms with Gasteiger partial charge in [0.2, 0.25) is 5.91 Å². The average molecular weight is 321 g/mol. The molecule has 0 bridgehead atoms. The van der Waals surface area contributed by atoms with E-state index in [9.17, 15) is 9.59 Å². The molecule has 3 rings (SSSR count). The number of amides is 2. The Labute approximate surface area is 133 Å². The van der Waals surface area contributed by atoms with Gasteiger partial charge in [0.05, 0.1) is 6.10 Å². The Morgan fingerprint density at radius 2 is 2.41 bits per heavy atom. The zero-order chi connectivity index (χ0) is 15.4. The molecule has 2 aliphatic heterocycles. The van der Waals surface area contributed by atoms with Crippen LogP contribution in [0.5, 0.6) is 0 Å². The van der Waals surface area contributed by atoms with Gasteiger partial charge < -0.3 is 9.64 Å². The second-order valence-corrected chi connectivity index (χ2v) is 6.33. The summed E-state index contributed by atoms with van der Waals surface area (Å²) in [6.45, 7) is 1.89. The molecule has 2 aliphatic rings. The van der Waals surface area contributed by atoms with Crippen LogP contribution in [0.4, 0.5) is 0 Å². The molecular formula is C15H19N3O3S. The smallest absolute Gasteiger partial charge is 0.270 e. The van der Waals surface area contributed by atoms with E-state index < -0.39 is 0 Å². The van der Waals surface area contributed by atoms with Gasteiger partial charge in [0.25, 0.3) is 5.91 Å². The van der Waals surface area contributed by atoms with E-state index in [-0.39, 0.29) is 17.9 Å². The van der Waals surface area contributed by atoms with Gasteiger partial charge in [0, 0.05) is 32.5 Å². The molecule has 22 heavy (non-hydrogen) atoms. The lowest BCUT2D eigenvalue weighted by atomic mass is 10.1. The van der Waals surface area contributed by atoms with Crippen LogP contribution >= 0.6 is 11.3 Å². The van der Waals surface area contributed by atoms with Crippen molar-refractivity contribution < 1.29 is 14.3 Å². The third-order valence-electron chi connectivity index (χ3n) is 3.84. The third kappa shape index (κ3) is 3.72. The number of hydrogen-bond acceptors (Lipinski definition) is 5. The Bertz CT molecular complexity index is 565. The van der Waals surface area contributed by atoms with E-state index in [1.807, 2.05) is 16.8 Å². The average Bonchev–Trinajstić information content (AvgIpc) is 3.20. The highest BCUT2D eigenvalue weighted by atomic mass is 32.1. The van der Waals surface area contributed by atoms with E-state index in [0.29, 0.717) is 31.6 Å². The maximum atomic E-state index is 12.7. The Hall–Kier alpha value is -1.73. The molecule has 0 aromatic carbocycles. The van der Waals surface area contributed by atoms with Crippen LogP contribution in [0.15, 0.2) is 21.9 Å². The number of rotatable bonds is 5. The van der Waals surface area contributed by atoms with Gasteiger partial charge in [0.15, 0.2) is 0 Å². The Morgan fingerprint density at radius 1 is 1.50 bits per heavy atom. The summed E-state index contributed by atoms with van der Waals surface area (Å²) in [6.07, 6.45) is 2.84. The fraction of sp³-hybridized carbons (Fsp3) is 0.533. The zero-order valence-corrected chi connectivity index (χ0v) is 13.1. The maximum Gasteiger partial charge on any atom is 0.270 e. The largest absolute Gasteiger partial charge is 0.376 e. The van der Waals surface area contributed by atoms with Crippen LogP contribution in [0.3, 0.4) is 0 Å². The number of thiophene rings is 1. The molecule has 1 aromatic heterocycles. The van der Waals surface area contributed by atoms with Gasteiger partial charge in [-0.05, 0) is 35.2 Å². The van der Waals surface area contributed by atoms with Crippen molar-refractivity contribution in [3.8, 4) is 0 Å². The van der Waals surface area contributed by atoms with Crippen molar-refractivity contribution in [1.82, 2.24) is 10.3 Å². The van der Waals surface area contributed by atoms with E-state index in [2.05, 4.69) is 10.5 Å². The Balaban J connectivity index is 1.71. The monoisotopic (exact) mass is 321 g/mol. The standard InChI is InChI=1S/C15H19N3O3S/c19-14-4-3-13(16-17-14)15(20)18(8-11-5-7-22-10-11)9-12-2-1-6-21-12/h5,7,10,12H,1-4,6,8-9H2,(H,17,19). The van der Waals surface area contributed by atoms with Crippen LogP contribution in [0.2, 0.25) is 0 Å². The lowest BCUT2D eigenvalue weighted by Crippen LogP contribution is -2.43. The van der Waals surface area contributed by atoms with Gasteiger partial charge in [-0.1, -0.05) is 0 Å². The summed E-state index contributed by atoms with van der Waals surface area (Å²) in [5.74, 6) is -0.248. The molecule has 1 aromatic rings. The molecule has 3 heterocycles. The highest BCUT2D eigenvalue weighted by Gasteiger charge is 2.27. The molecular weight excluding hydrogens is 302 g/mol.